The van der Waals surface area contributed by atoms with E-state index in [0.29, 0.717) is 22.8 Å². The minimum absolute atomic E-state index is 0.455. The zero-order valence-corrected chi connectivity index (χ0v) is 17.3. The van der Waals surface area contributed by atoms with Gasteiger partial charge in [0.05, 0.1) is 0 Å². The molecule has 29 heavy (non-hydrogen) atoms. The maximum atomic E-state index is 5.42. The number of rotatable bonds is 6. The quantitative estimate of drug-likeness (QED) is 0.349. The number of hydrogen-bond acceptors (Lipinski definition) is 8. The predicted molar refractivity (Wildman–Crippen MR) is 117 cm³/mol. The zero-order chi connectivity index (χ0) is 19.9. The van der Waals surface area contributed by atoms with E-state index in [1.54, 1.807) is 30.9 Å². The lowest BCUT2D eigenvalue weighted by atomic mass is 10.3. The van der Waals surface area contributed by atoms with Crippen molar-refractivity contribution in [2.24, 2.45) is 0 Å². The predicted octanol–water partition coefficient (Wildman–Crippen LogP) is 2.90. The maximum absolute atomic E-state index is 5.42. The molecule has 0 bridgehead atoms. The molecule has 0 unspecified atom stereocenters. The summed E-state index contributed by atoms with van der Waals surface area (Å²) >= 11 is 6.82. The molecule has 0 aliphatic carbocycles. The third-order valence-electron chi connectivity index (χ3n) is 4.26. The van der Waals surface area contributed by atoms with Crippen molar-refractivity contribution in [3.8, 4) is 0 Å². The number of anilines is 2. The topological polar surface area (TPSA) is 91.8 Å². The van der Waals surface area contributed by atoms with Gasteiger partial charge in [0.25, 0.3) is 0 Å². The van der Waals surface area contributed by atoms with E-state index in [4.69, 9.17) is 12.2 Å². The van der Waals surface area contributed by atoms with E-state index in [1.807, 2.05) is 18.2 Å². The average Bonchev–Trinajstić information content (AvgIpc) is 3.29. The van der Waals surface area contributed by atoms with E-state index in [9.17, 15) is 0 Å². The van der Waals surface area contributed by atoms with Gasteiger partial charge in [-0.1, -0.05) is 6.07 Å². The van der Waals surface area contributed by atoms with Gasteiger partial charge in [-0.25, -0.2) is 15.0 Å². The zero-order valence-electron chi connectivity index (χ0n) is 15.7. The smallest absolute Gasteiger partial charge is 0.232 e. The summed E-state index contributed by atoms with van der Waals surface area (Å²) in [6.07, 6.45) is 9.31. The fraction of sp³-hybridized carbons (Fsp3) is 0.263. The molecular weight excluding hydrogens is 404 g/mol. The highest BCUT2D eigenvalue weighted by molar-refractivity contribution is 7.99. The van der Waals surface area contributed by atoms with Gasteiger partial charge in [0.2, 0.25) is 5.95 Å². The number of aromatic nitrogens is 5. The molecule has 1 aliphatic heterocycles. The first-order chi connectivity index (χ1) is 14.3. The van der Waals surface area contributed by atoms with Crippen LogP contribution >= 0.6 is 24.0 Å². The van der Waals surface area contributed by atoms with Crippen molar-refractivity contribution in [2.75, 3.05) is 23.3 Å². The van der Waals surface area contributed by atoms with E-state index in [0.717, 1.165) is 29.5 Å². The second-order valence-corrected chi connectivity index (χ2v) is 7.78. The summed E-state index contributed by atoms with van der Waals surface area (Å²) in [6, 6.07) is 7.65. The van der Waals surface area contributed by atoms with Crippen LogP contribution in [0.4, 0.5) is 11.8 Å². The van der Waals surface area contributed by atoms with Crippen molar-refractivity contribution in [2.45, 2.75) is 29.6 Å². The summed E-state index contributed by atoms with van der Waals surface area (Å²) < 4.78 is 0. The highest BCUT2D eigenvalue weighted by Crippen LogP contribution is 2.28. The molecule has 10 heteroatoms. The molecule has 0 atom stereocenters. The van der Waals surface area contributed by atoms with Gasteiger partial charge in [0, 0.05) is 50.5 Å². The van der Waals surface area contributed by atoms with Gasteiger partial charge in [-0.15, -0.1) is 0 Å². The molecule has 0 amide bonds. The van der Waals surface area contributed by atoms with Crippen LogP contribution in [0.2, 0.25) is 0 Å². The molecule has 0 saturated carbocycles. The van der Waals surface area contributed by atoms with Crippen LogP contribution < -0.4 is 15.5 Å². The first-order valence-electron chi connectivity index (χ1n) is 9.29. The largest absolute Gasteiger partial charge is 0.358 e. The minimum atomic E-state index is 0.455. The number of nitrogens with zero attached hydrogens (tertiary/aromatic N) is 6. The molecule has 1 aliphatic rings. The summed E-state index contributed by atoms with van der Waals surface area (Å²) in [5.41, 5.74) is 1.04. The van der Waals surface area contributed by atoms with Crippen LogP contribution in [0.25, 0.3) is 0 Å². The Morgan fingerprint density at radius 3 is 2.69 bits per heavy atom. The van der Waals surface area contributed by atoms with E-state index >= 15 is 0 Å². The van der Waals surface area contributed by atoms with Crippen molar-refractivity contribution in [3.05, 3.63) is 54.6 Å². The molecule has 0 spiro atoms. The molecule has 0 radical (unpaired) electrons. The molecule has 3 aromatic rings. The van der Waals surface area contributed by atoms with E-state index in [2.05, 4.69) is 40.5 Å². The number of pyridine rings is 1. The Hall–Kier alpha value is -2.85. The normalized spacial score (nSPS) is 13.3. The van der Waals surface area contributed by atoms with Gasteiger partial charge in [-0.05, 0) is 54.5 Å². The lowest BCUT2D eigenvalue weighted by Gasteiger charge is -2.18. The maximum Gasteiger partial charge on any atom is 0.232 e. The van der Waals surface area contributed by atoms with Crippen LogP contribution in [0.1, 0.15) is 18.4 Å². The van der Waals surface area contributed by atoms with Crippen LogP contribution in [0, 0.1) is 0 Å². The molecule has 2 N–H and O–H groups in total. The first-order valence-corrected chi connectivity index (χ1v) is 10.5. The number of thiocarbonyl (C=S) groups is 1. The van der Waals surface area contributed by atoms with Gasteiger partial charge in [0.15, 0.2) is 10.3 Å². The van der Waals surface area contributed by atoms with Gasteiger partial charge in [-0.2, -0.15) is 4.98 Å². The molecule has 4 heterocycles. The third-order valence-corrected chi connectivity index (χ3v) is 5.32. The lowest BCUT2D eigenvalue weighted by molar-refractivity contribution is 0.898. The number of nitrogens with one attached hydrogen (secondary N) is 2. The Kier molecular flexibility index (Phi) is 6.42. The van der Waals surface area contributed by atoms with Crippen molar-refractivity contribution in [3.63, 3.8) is 0 Å². The molecular formula is C19H20N8S2. The van der Waals surface area contributed by atoms with Crippen LogP contribution in [0.5, 0.6) is 0 Å². The molecule has 3 aromatic heterocycles. The molecule has 1 saturated heterocycles. The Morgan fingerprint density at radius 2 is 1.93 bits per heavy atom. The molecule has 1 fully saturated rings. The van der Waals surface area contributed by atoms with Gasteiger partial charge < -0.3 is 15.5 Å². The number of hydrogen-bond donors (Lipinski definition) is 2. The third kappa shape index (κ3) is 5.58. The molecule has 148 valence electrons. The van der Waals surface area contributed by atoms with Gasteiger partial charge >= 0.3 is 0 Å². The average molecular weight is 425 g/mol. The first kappa shape index (κ1) is 19.5. The second-order valence-electron chi connectivity index (χ2n) is 6.38. The van der Waals surface area contributed by atoms with Gasteiger partial charge in [0.1, 0.15) is 10.8 Å². The Balaban J connectivity index is 1.49. The van der Waals surface area contributed by atoms with Crippen molar-refractivity contribution in [1.29, 1.82) is 0 Å². The van der Waals surface area contributed by atoms with Crippen molar-refractivity contribution < 1.29 is 0 Å². The Bertz CT molecular complexity index is 949. The molecule has 0 aromatic carbocycles. The van der Waals surface area contributed by atoms with Crippen LogP contribution in [-0.4, -0.2) is 43.1 Å². The standard InChI is InChI=1S/C19H20N8S2/c28-18(23-13-14-5-3-6-20-12-14)26-17-24-15(27-9-1-2-10-27)11-16(25-17)29-19-21-7-4-8-22-19/h3-8,11-12H,1-2,9-10,13H2,(H2,23,24,25,26,28). The SMILES string of the molecule is S=C(NCc1cccnc1)Nc1nc(Sc2ncccn2)cc(N2CCCC2)n1. The highest BCUT2D eigenvalue weighted by Gasteiger charge is 2.17. The summed E-state index contributed by atoms with van der Waals surface area (Å²) in [5.74, 6) is 1.34. The van der Waals surface area contributed by atoms with E-state index in [-0.39, 0.29) is 0 Å². The summed E-state index contributed by atoms with van der Waals surface area (Å²) in [4.78, 5) is 24.2. The Labute approximate surface area is 178 Å². The fourth-order valence-electron chi connectivity index (χ4n) is 2.89. The van der Waals surface area contributed by atoms with Crippen molar-refractivity contribution >= 4 is 40.9 Å². The summed E-state index contributed by atoms with van der Waals surface area (Å²) in [7, 11) is 0. The lowest BCUT2D eigenvalue weighted by Crippen LogP contribution is -2.29. The fourth-order valence-corrected chi connectivity index (χ4v) is 3.77. The second kappa shape index (κ2) is 9.57. The Morgan fingerprint density at radius 1 is 1.10 bits per heavy atom. The summed E-state index contributed by atoms with van der Waals surface area (Å²) in [5, 5.41) is 8.13. The summed E-state index contributed by atoms with van der Waals surface area (Å²) in [6.45, 7) is 2.56. The van der Waals surface area contributed by atoms with Crippen LogP contribution in [0.15, 0.2) is 59.2 Å². The monoisotopic (exact) mass is 424 g/mol. The van der Waals surface area contributed by atoms with E-state index < -0.39 is 0 Å². The molecule has 4 rings (SSSR count). The van der Waals surface area contributed by atoms with Crippen LogP contribution in [-0.2, 0) is 6.54 Å². The van der Waals surface area contributed by atoms with E-state index in [1.165, 1.54) is 24.6 Å². The highest BCUT2D eigenvalue weighted by atomic mass is 32.2. The minimum Gasteiger partial charge on any atom is -0.358 e. The van der Waals surface area contributed by atoms with Gasteiger partial charge in [-0.3, -0.25) is 4.98 Å². The van der Waals surface area contributed by atoms with Crippen LogP contribution in [0.3, 0.4) is 0 Å². The van der Waals surface area contributed by atoms with Crippen molar-refractivity contribution in [1.82, 2.24) is 30.2 Å². The molecule has 8 nitrogen and oxygen atoms in total.